The van der Waals surface area contributed by atoms with E-state index in [1.165, 1.54) is 10.9 Å². The lowest BCUT2D eigenvalue weighted by atomic mass is 10.1. The SMILES string of the molecule is CCCNc1nc2c(ccc3ccc(C)nc32)cc1CC. The van der Waals surface area contributed by atoms with Crippen molar-refractivity contribution in [2.75, 3.05) is 11.9 Å². The molecule has 2 heterocycles. The van der Waals surface area contributed by atoms with Crippen LogP contribution in [0, 0.1) is 6.92 Å². The number of rotatable bonds is 4. The minimum absolute atomic E-state index is 0.947. The van der Waals surface area contributed by atoms with Crippen molar-refractivity contribution in [2.24, 2.45) is 0 Å². The maximum absolute atomic E-state index is 4.88. The fourth-order valence-corrected chi connectivity index (χ4v) is 2.63. The van der Waals surface area contributed by atoms with E-state index in [1.807, 2.05) is 13.0 Å². The van der Waals surface area contributed by atoms with E-state index >= 15 is 0 Å². The zero-order valence-electron chi connectivity index (χ0n) is 12.9. The van der Waals surface area contributed by atoms with Gasteiger partial charge in [-0.2, -0.15) is 0 Å². The molecule has 0 aliphatic heterocycles. The largest absolute Gasteiger partial charge is 0.370 e. The minimum Gasteiger partial charge on any atom is -0.370 e. The highest BCUT2D eigenvalue weighted by atomic mass is 15.0. The fourth-order valence-electron chi connectivity index (χ4n) is 2.63. The minimum atomic E-state index is 0.947. The number of nitrogens with zero attached hydrogens (tertiary/aromatic N) is 2. The summed E-state index contributed by atoms with van der Waals surface area (Å²) in [5, 5.41) is 5.76. The second-order valence-corrected chi connectivity index (χ2v) is 5.44. The Kier molecular flexibility index (Phi) is 3.74. The van der Waals surface area contributed by atoms with Crippen molar-refractivity contribution in [3.63, 3.8) is 0 Å². The number of aromatic nitrogens is 2. The first-order chi connectivity index (χ1) is 10.2. The molecule has 3 rings (SSSR count). The summed E-state index contributed by atoms with van der Waals surface area (Å²) < 4.78 is 0. The molecule has 108 valence electrons. The lowest BCUT2D eigenvalue weighted by molar-refractivity contribution is 0.962. The third-order valence-electron chi connectivity index (χ3n) is 3.79. The normalized spacial score (nSPS) is 11.2. The number of fused-ring (bicyclic) bond motifs is 3. The van der Waals surface area contributed by atoms with E-state index in [9.17, 15) is 0 Å². The van der Waals surface area contributed by atoms with Crippen LogP contribution in [0.25, 0.3) is 21.8 Å². The van der Waals surface area contributed by atoms with Gasteiger partial charge in [-0.25, -0.2) is 4.98 Å². The number of benzene rings is 1. The summed E-state index contributed by atoms with van der Waals surface area (Å²) in [6.45, 7) is 7.31. The van der Waals surface area contributed by atoms with E-state index < -0.39 is 0 Å². The molecule has 0 radical (unpaired) electrons. The molecule has 0 bridgehead atoms. The molecule has 1 N–H and O–H groups in total. The maximum atomic E-state index is 4.88. The molecule has 0 unspecified atom stereocenters. The van der Waals surface area contributed by atoms with Gasteiger partial charge in [0.2, 0.25) is 0 Å². The fraction of sp³-hybridized carbons (Fsp3) is 0.333. The first-order valence-corrected chi connectivity index (χ1v) is 7.66. The zero-order chi connectivity index (χ0) is 14.8. The Morgan fingerprint density at radius 2 is 1.67 bits per heavy atom. The molecule has 0 spiro atoms. The first kappa shape index (κ1) is 13.8. The van der Waals surface area contributed by atoms with Gasteiger partial charge in [-0.3, -0.25) is 4.98 Å². The molecule has 3 nitrogen and oxygen atoms in total. The van der Waals surface area contributed by atoms with Crippen molar-refractivity contribution < 1.29 is 0 Å². The zero-order valence-corrected chi connectivity index (χ0v) is 12.9. The lowest BCUT2D eigenvalue weighted by Gasteiger charge is -2.12. The molecular formula is C18H21N3. The second kappa shape index (κ2) is 5.68. The van der Waals surface area contributed by atoms with Crippen LogP contribution in [0.2, 0.25) is 0 Å². The van der Waals surface area contributed by atoms with Crippen LogP contribution in [0.4, 0.5) is 5.82 Å². The monoisotopic (exact) mass is 279 g/mol. The van der Waals surface area contributed by atoms with Crippen LogP contribution >= 0.6 is 0 Å². The van der Waals surface area contributed by atoms with Crippen molar-refractivity contribution >= 4 is 27.6 Å². The summed E-state index contributed by atoms with van der Waals surface area (Å²) in [4.78, 5) is 9.57. The highest BCUT2D eigenvalue weighted by Crippen LogP contribution is 2.27. The van der Waals surface area contributed by atoms with Gasteiger partial charge in [-0.15, -0.1) is 0 Å². The molecule has 0 atom stereocenters. The Morgan fingerprint density at radius 1 is 0.952 bits per heavy atom. The van der Waals surface area contributed by atoms with Crippen LogP contribution in [0.5, 0.6) is 0 Å². The molecule has 1 aromatic carbocycles. The van der Waals surface area contributed by atoms with Crippen LogP contribution in [0.15, 0.2) is 30.3 Å². The average Bonchev–Trinajstić information content (AvgIpc) is 2.51. The van der Waals surface area contributed by atoms with Crippen molar-refractivity contribution in [3.05, 3.63) is 41.6 Å². The summed E-state index contributed by atoms with van der Waals surface area (Å²) in [5.41, 5.74) is 4.28. The molecule has 21 heavy (non-hydrogen) atoms. The molecule has 3 heteroatoms. The molecule has 0 saturated carbocycles. The summed E-state index contributed by atoms with van der Waals surface area (Å²) in [5.74, 6) is 1.00. The highest BCUT2D eigenvalue weighted by Gasteiger charge is 2.09. The molecule has 0 aliphatic rings. The predicted molar refractivity (Wildman–Crippen MR) is 89.9 cm³/mol. The summed E-state index contributed by atoms with van der Waals surface area (Å²) in [7, 11) is 0. The number of anilines is 1. The Morgan fingerprint density at radius 3 is 2.43 bits per heavy atom. The molecule has 2 aromatic heterocycles. The number of aryl methyl sites for hydroxylation is 2. The number of nitrogens with one attached hydrogen (secondary N) is 1. The number of hydrogen-bond donors (Lipinski definition) is 1. The van der Waals surface area contributed by atoms with Crippen LogP contribution in [-0.4, -0.2) is 16.5 Å². The van der Waals surface area contributed by atoms with Crippen LogP contribution in [0.3, 0.4) is 0 Å². The van der Waals surface area contributed by atoms with E-state index in [-0.39, 0.29) is 0 Å². The molecular weight excluding hydrogens is 258 g/mol. The maximum Gasteiger partial charge on any atom is 0.129 e. The highest BCUT2D eigenvalue weighted by molar-refractivity contribution is 6.03. The second-order valence-electron chi connectivity index (χ2n) is 5.44. The number of hydrogen-bond acceptors (Lipinski definition) is 3. The first-order valence-electron chi connectivity index (χ1n) is 7.66. The van der Waals surface area contributed by atoms with Gasteiger partial charge in [0.1, 0.15) is 5.82 Å². The Balaban J connectivity index is 2.27. The van der Waals surface area contributed by atoms with Crippen molar-refractivity contribution in [1.29, 1.82) is 0 Å². The van der Waals surface area contributed by atoms with E-state index in [0.717, 1.165) is 47.3 Å². The predicted octanol–water partition coefficient (Wildman–Crippen LogP) is 4.48. The number of pyridine rings is 2. The van der Waals surface area contributed by atoms with Gasteiger partial charge < -0.3 is 5.32 Å². The Bertz CT molecular complexity index is 793. The third-order valence-corrected chi connectivity index (χ3v) is 3.79. The third kappa shape index (κ3) is 2.56. The van der Waals surface area contributed by atoms with Crippen molar-refractivity contribution in [1.82, 2.24) is 9.97 Å². The topological polar surface area (TPSA) is 37.8 Å². The molecule has 3 aromatic rings. The average molecular weight is 279 g/mol. The summed E-state index contributed by atoms with van der Waals surface area (Å²) in [6, 6.07) is 10.7. The van der Waals surface area contributed by atoms with E-state index in [4.69, 9.17) is 9.97 Å². The Hall–Kier alpha value is -2.16. The van der Waals surface area contributed by atoms with Gasteiger partial charge in [-0.05, 0) is 37.5 Å². The van der Waals surface area contributed by atoms with E-state index in [1.54, 1.807) is 0 Å². The van der Waals surface area contributed by atoms with Gasteiger partial charge in [-0.1, -0.05) is 32.0 Å². The summed E-state index contributed by atoms with van der Waals surface area (Å²) >= 11 is 0. The molecule has 0 amide bonds. The smallest absolute Gasteiger partial charge is 0.129 e. The van der Waals surface area contributed by atoms with Crippen LogP contribution in [0.1, 0.15) is 31.5 Å². The quantitative estimate of drug-likeness (QED) is 0.716. The lowest BCUT2D eigenvalue weighted by Crippen LogP contribution is -2.05. The van der Waals surface area contributed by atoms with Gasteiger partial charge in [0.05, 0.1) is 11.0 Å². The van der Waals surface area contributed by atoms with Crippen molar-refractivity contribution in [2.45, 2.75) is 33.6 Å². The van der Waals surface area contributed by atoms with E-state index in [0.29, 0.717) is 0 Å². The van der Waals surface area contributed by atoms with Crippen molar-refractivity contribution in [3.8, 4) is 0 Å². The standard InChI is InChI=1S/C18H21N3/c1-4-10-19-18-13(5-2)11-15-9-8-14-7-6-12(3)20-16(14)17(15)21-18/h6-9,11H,4-5,10H2,1-3H3,(H,19,21). The van der Waals surface area contributed by atoms with Crippen LogP contribution < -0.4 is 5.32 Å². The van der Waals surface area contributed by atoms with Crippen LogP contribution in [-0.2, 0) is 6.42 Å². The molecule has 0 fully saturated rings. The van der Waals surface area contributed by atoms with Gasteiger partial charge in [0.15, 0.2) is 0 Å². The Labute approximate surface area is 125 Å². The van der Waals surface area contributed by atoms with Gasteiger partial charge in [0.25, 0.3) is 0 Å². The van der Waals surface area contributed by atoms with E-state index in [2.05, 4.69) is 43.4 Å². The summed E-state index contributed by atoms with van der Waals surface area (Å²) in [6.07, 6.45) is 2.07. The van der Waals surface area contributed by atoms with Gasteiger partial charge in [0, 0.05) is 23.0 Å². The molecule has 0 saturated heterocycles. The molecule has 0 aliphatic carbocycles. The van der Waals surface area contributed by atoms with Gasteiger partial charge >= 0.3 is 0 Å².